The highest BCUT2D eigenvalue weighted by atomic mass is 16.5. The lowest BCUT2D eigenvalue weighted by atomic mass is 9.98. The van der Waals surface area contributed by atoms with Crippen LogP contribution in [0.15, 0.2) is 36.7 Å². The zero-order valence-electron chi connectivity index (χ0n) is 15.7. The lowest BCUT2D eigenvalue weighted by molar-refractivity contribution is -0.0745. The minimum atomic E-state index is 0.140. The maximum absolute atomic E-state index is 6.16. The Hall–Kier alpha value is -1.76. The molecule has 0 saturated carbocycles. The smallest absolute Gasteiger partial charge is 0.141 e. The molecule has 6 heteroatoms. The molecule has 2 atom stereocenters. The summed E-state index contributed by atoms with van der Waals surface area (Å²) in [5.74, 6) is 0.998. The predicted octanol–water partition coefficient (Wildman–Crippen LogP) is 2.36. The lowest BCUT2D eigenvalue weighted by Crippen LogP contribution is -2.47. The van der Waals surface area contributed by atoms with E-state index in [4.69, 9.17) is 4.74 Å². The van der Waals surface area contributed by atoms with Gasteiger partial charge in [0, 0.05) is 19.1 Å². The van der Waals surface area contributed by atoms with Gasteiger partial charge in [0.2, 0.25) is 0 Å². The molecule has 1 aliphatic rings. The van der Waals surface area contributed by atoms with Gasteiger partial charge in [-0.25, -0.2) is 9.67 Å². The number of hydrogen-bond donors (Lipinski definition) is 0. The minimum Gasteiger partial charge on any atom is -0.374 e. The molecule has 0 spiro atoms. The number of nitrogens with zero attached hydrogens (tertiary/aromatic N) is 5. The molecule has 0 N–H and O–H groups in total. The molecule has 6 nitrogen and oxygen atoms in total. The third-order valence-corrected chi connectivity index (χ3v) is 4.78. The molecule has 2 aromatic rings. The number of rotatable bonds is 6. The van der Waals surface area contributed by atoms with Crippen molar-refractivity contribution in [3.63, 3.8) is 0 Å². The van der Waals surface area contributed by atoms with E-state index < -0.39 is 0 Å². The van der Waals surface area contributed by atoms with Gasteiger partial charge in [0.15, 0.2) is 0 Å². The molecule has 1 fully saturated rings. The van der Waals surface area contributed by atoms with Crippen molar-refractivity contribution in [2.24, 2.45) is 0 Å². The highest BCUT2D eigenvalue weighted by molar-refractivity contribution is 5.21. The summed E-state index contributed by atoms with van der Waals surface area (Å²) < 4.78 is 8.14. The molecule has 1 aromatic heterocycles. The van der Waals surface area contributed by atoms with Crippen LogP contribution < -0.4 is 0 Å². The molecular weight excluding hydrogens is 314 g/mol. The predicted molar refractivity (Wildman–Crippen MR) is 98.3 cm³/mol. The SMILES string of the molecule is CC(C)n1ncnc1CN(C)C[C@@H]1OCCN(C)[C@H]1c1ccccc1. The highest BCUT2D eigenvalue weighted by Crippen LogP contribution is 2.28. The first-order valence-electron chi connectivity index (χ1n) is 9.00. The number of ether oxygens (including phenoxy) is 1. The number of morpholine rings is 1. The fourth-order valence-corrected chi connectivity index (χ4v) is 3.57. The Kier molecular flexibility index (Phi) is 5.83. The Bertz CT molecular complexity index is 657. The first kappa shape index (κ1) is 18.0. The summed E-state index contributed by atoms with van der Waals surface area (Å²) in [7, 11) is 4.31. The van der Waals surface area contributed by atoms with Crippen molar-refractivity contribution < 1.29 is 4.74 Å². The summed E-state index contributed by atoms with van der Waals surface area (Å²) in [6.45, 7) is 7.62. The molecule has 0 bridgehead atoms. The van der Waals surface area contributed by atoms with Crippen LogP contribution in [0.2, 0.25) is 0 Å². The second-order valence-corrected chi connectivity index (χ2v) is 7.16. The molecule has 25 heavy (non-hydrogen) atoms. The summed E-state index contributed by atoms with van der Waals surface area (Å²) in [5, 5.41) is 4.33. The molecule has 1 aliphatic heterocycles. The summed E-state index contributed by atoms with van der Waals surface area (Å²) in [4.78, 5) is 9.10. The van der Waals surface area contributed by atoms with Crippen LogP contribution in [0, 0.1) is 0 Å². The molecule has 0 amide bonds. The van der Waals surface area contributed by atoms with E-state index in [0.29, 0.717) is 6.04 Å². The Labute approximate surface area is 150 Å². The Balaban J connectivity index is 1.70. The molecule has 1 aromatic carbocycles. The van der Waals surface area contributed by atoms with E-state index in [-0.39, 0.29) is 12.1 Å². The van der Waals surface area contributed by atoms with Crippen molar-refractivity contribution >= 4 is 0 Å². The normalized spacial score (nSPS) is 22.0. The van der Waals surface area contributed by atoms with E-state index in [1.807, 2.05) is 4.68 Å². The highest BCUT2D eigenvalue weighted by Gasteiger charge is 2.32. The van der Waals surface area contributed by atoms with Gasteiger partial charge in [-0.1, -0.05) is 30.3 Å². The number of likely N-dealkylation sites (N-methyl/N-ethyl adjacent to an activating group) is 2. The van der Waals surface area contributed by atoms with Crippen LogP contribution in [-0.4, -0.2) is 64.5 Å². The maximum Gasteiger partial charge on any atom is 0.141 e. The summed E-state index contributed by atoms with van der Waals surface area (Å²) >= 11 is 0. The van der Waals surface area contributed by atoms with Gasteiger partial charge in [0.05, 0.1) is 25.3 Å². The average Bonchev–Trinajstić information content (AvgIpc) is 3.04. The van der Waals surface area contributed by atoms with E-state index in [0.717, 1.165) is 32.1 Å². The van der Waals surface area contributed by atoms with Crippen LogP contribution in [0.3, 0.4) is 0 Å². The molecule has 0 radical (unpaired) electrons. The topological polar surface area (TPSA) is 46.4 Å². The van der Waals surface area contributed by atoms with E-state index >= 15 is 0 Å². The largest absolute Gasteiger partial charge is 0.374 e. The van der Waals surface area contributed by atoms with Gasteiger partial charge in [0.1, 0.15) is 12.2 Å². The van der Waals surface area contributed by atoms with Gasteiger partial charge in [-0.3, -0.25) is 9.80 Å². The van der Waals surface area contributed by atoms with Gasteiger partial charge in [-0.05, 0) is 33.5 Å². The molecule has 0 unspecified atom stereocenters. The van der Waals surface area contributed by atoms with Gasteiger partial charge in [-0.15, -0.1) is 0 Å². The second-order valence-electron chi connectivity index (χ2n) is 7.16. The first-order chi connectivity index (χ1) is 12.1. The third kappa shape index (κ3) is 4.26. The first-order valence-corrected chi connectivity index (χ1v) is 9.00. The Morgan fingerprint density at radius 1 is 1.28 bits per heavy atom. The fraction of sp³-hybridized carbons (Fsp3) is 0.579. The standard InChI is InChI=1S/C19H29N5O/c1-15(2)24-18(20-14-21-24)13-22(3)12-17-19(23(4)10-11-25-17)16-8-6-5-7-9-16/h5-9,14-15,17,19H,10-13H2,1-4H3/t17-,19-/m0/s1. The third-order valence-electron chi connectivity index (χ3n) is 4.78. The number of hydrogen-bond acceptors (Lipinski definition) is 5. The van der Waals surface area contributed by atoms with E-state index in [2.05, 4.69) is 78.2 Å². The zero-order chi connectivity index (χ0) is 17.8. The van der Waals surface area contributed by atoms with Crippen molar-refractivity contribution in [1.29, 1.82) is 0 Å². The summed E-state index contributed by atoms with van der Waals surface area (Å²) in [5.41, 5.74) is 1.31. The molecule has 2 heterocycles. The van der Waals surface area contributed by atoms with Crippen LogP contribution >= 0.6 is 0 Å². The molecule has 3 rings (SSSR count). The van der Waals surface area contributed by atoms with Crippen molar-refractivity contribution in [2.75, 3.05) is 33.8 Å². The van der Waals surface area contributed by atoms with Crippen LogP contribution in [-0.2, 0) is 11.3 Å². The van der Waals surface area contributed by atoms with Crippen molar-refractivity contribution in [1.82, 2.24) is 24.6 Å². The number of benzene rings is 1. The monoisotopic (exact) mass is 343 g/mol. The van der Waals surface area contributed by atoms with Crippen LogP contribution in [0.25, 0.3) is 0 Å². The average molecular weight is 343 g/mol. The second kappa shape index (κ2) is 8.08. The van der Waals surface area contributed by atoms with E-state index in [1.54, 1.807) is 6.33 Å². The van der Waals surface area contributed by atoms with E-state index in [9.17, 15) is 0 Å². The van der Waals surface area contributed by atoms with Gasteiger partial charge >= 0.3 is 0 Å². The van der Waals surface area contributed by atoms with Gasteiger partial charge in [0.25, 0.3) is 0 Å². The molecular formula is C19H29N5O. The summed E-state index contributed by atoms with van der Waals surface area (Å²) in [6, 6.07) is 11.2. The zero-order valence-corrected chi connectivity index (χ0v) is 15.7. The fourth-order valence-electron chi connectivity index (χ4n) is 3.57. The summed E-state index contributed by atoms with van der Waals surface area (Å²) in [6.07, 6.45) is 1.78. The van der Waals surface area contributed by atoms with Crippen molar-refractivity contribution in [3.8, 4) is 0 Å². The van der Waals surface area contributed by atoms with Crippen molar-refractivity contribution in [2.45, 2.75) is 38.6 Å². The van der Waals surface area contributed by atoms with Crippen LogP contribution in [0.5, 0.6) is 0 Å². The van der Waals surface area contributed by atoms with Crippen LogP contribution in [0.1, 0.15) is 37.3 Å². The molecule has 136 valence electrons. The van der Waals surface area contributed by atoms with E-state index in [1.165, 1.54) is 5.56 Å². The van der Waals surface area contributed by atoms with Crippen LogP contribution in [0.4, 0.5) is 0 Å². The number of aromatic nitrogens is 3. The van der Waals surface area contributed by atoms with Gasteiger partial charge < -0.3 is 4.74 Å². The Morgan fingerprint density at radius 2 is 2.04 bits per heavy atom. The maximum atomic E-state index is 6.16. The molecule has 0 aliphatic carbocycles. The van der Waals surface area contributed by atoms with Crippen molar-refractivity contribution in [3.05, 3.63) is 48.0 Å². The lowest BCUT2D eigenvalue weighted by Gasteiger charge is -2.40. The van der Waals surface area contributed by atoms with Gasteiger partial charge in [-0.2, -0.15) is 5.10 Å². The quantitative estimate of drug-likeness (QED) is 0.806. The Morgan fingerprint density at radius 3 is 2.76 bits per heavy atom. The molecule has 1 saturated heterocycles. The minimum absolute atomic E-state index is 0.140.